The quantitative estimate of drug-likeness (QED) is 0.577. The zero-order chi connectivity index (χ0) is 13.1. The molecule has 1 amide bonds. The molecule has 1 aliphatic rings. The molecule has 1 aliphatic heterocycles. The van der Waals surface area contributed by atoms with Gasteiger partial charge in [0, 0.05) is 12.8 Å². The number of carbonyl (C=O) groups excluding carboxylic acids is 1. The van der Waals surface area contributed by atoms with Gasteiger partial charge in [0.15, 0.2) is 6.23 Å². The molecule has 5 heteroatoms. The highest BCUT2D eigenvalue weighted by atomic mass is 127. The molecule has 0 N–H and O–H groups in total. The SMILES string of the molecule is CCI.CCOC(=O)N1C=CC=CC1OCC. The Balaban J connectivity index is 0.000000770. The van der Waals surface area contributed by atoms with Crippen LogP contribution in [0.4, 0.5) is 4.79 Å². The van der Waals surface area contributed by atoms with Gasteiger partial charge in [-0.2, -0.15) is 0 Å². The predicted molar refractivity (Wildman–Crippen MR) is 77.1 cm³/mol. The highest BCUT2D eigenvalue weighted by Crippen LogP contribution is 2.11. The summed E-state index contributed by atoms with van der Waals surface area (Å²) in [6.07, 6.45) is 6.34. The van der Waals surface area contributed by atoms with Crippen LogP contribution in [0.25, 0.3) is 0 Å². The zero-order valence-electron chi connectivity index (χ0n) is 10.6. The van der Waals surface area contributed by atoms with Crippen LogP contribution >= 0.6 is 22.6 Å². The molecule has 0 bridgehead atoms. The van der Waals surface area contributed by atoms with Crippen LogP contribution in [0.15, 0.2) is 24.4 Å². The van der Waals surface area contributed by atoms with Gasteiger partial charge < -0.3 is 9.47 Å². The van der Waals surface area contributed by atoms with Crippen molar-refractivity contribution in [3.8, 4) is 0 Å². The average Bonchev–Trinajstić information content (AvgIpc) is 2.31. The minimum absolute atomic E-state index is 0.343. The average molecular weight is 353 g/mol. The lowest BCUT2D eigenvalue weighted by atomic mass is 10.3. The van der Waals surface area contributed by atoms with Gasteiger partial charge in [0.1, 0.15) is 0 Å². The highest BCUT2D eigenvalue weighted by Gasteiger charge is 2.21. The first kappa shape index (κ1) is 16.4. The summed E-state index contributed by atoms with van der Waals surface area (Å²) in [6.45, 7) is 6.69. The van der Waals surface area contributed by atoms with Crippen molar-refractivity contribution in [2.75, 3.05) is 17.6 Å². The Labute approximate surface area is 117 Å². The molecule has 0 radical (unpaired) electrons. The molecule has 0 aromatic heterocycles. The number of carbonyl (C=O) groups is 1. The minimum Gasteiger partial charge on any atom is -0.449 e. The summed E-state index contributed by atoms with van der Waals surface area (Å²) in [5.74, 6) is 0. The second kappa shape index (κ2) is 10.6. The van der Waals surface area contributed by atoms with Crippen LogP contribution in [0.3, 0.4) is 0 Å². The first-order chi connectivity index (χ1) is 8.21. The largest absolute Gasteiger partial charge is 0.449 e. The van der Waals surface area contributed by atoms with Crippen LogP contribution in [0, 0.1) is 0 Å². The summed E-state index contributed by atoms with van der Waals surface area (Å²) in [4.78, 5) is 12.8. The smallest absolute Gasteiger partial charge is 0.416 e. The standard InChI is InChI=1S/C10H15NO3.C2H5I/c1-3-13-9-7-5-6-8-11(9)10(12)14-4-2;1-2-3/h5-9H,3-4H2,1-2H3;2H2,1H3. The maximum absolute atomic E-state index is 11.4. The number of alkyl halides is 1. The molecule has 17 heavy (non-hydrogen) atoms. The van der Waals surface area contributed by atoms with E-state index in [9.17, 15) is 4.79 Å². The summed E-state index contributed by atoms with van der Waals surface area (Å²) in [5, 5.41) is 0. The Morgan fingerprint density at radius 1 is 1.29 bits per heavy atom. The van der Waals surface area contributed by atoms with Crippen molar-refractivity contribution >= 4 is 28.7 Å². The van der Waals surface area contributed by atoms with Crippen molar-refractivity contribution in [3.05, 3.63) is 24.4 Å². The molecule has 1 unspecified atom stereocenters. The van der Waals surface area contributed by atoms with E-state index in [0.29, 0.717) is 13.2 Å². The van der Waals surface area contributed by atoms with Crippen molar-refractivity contribution in [2.24, 2.45) is 0 Å². The summed E-state index contributed by atoms with van der Waals surface area (Å²) in [6, 6.07) is 0. The minimum atomic E-state index is -0.383. The molecule has 4 nitrogen and oxygen atoms in total. The van der Waals surface area contributed by atoms with E-state index in [0.717, 1.165) is 0 Å². The topological polar surface area (TPSA) is 38.8 Å². The maximum atomic E-state index is 11.4. The van der Waals surface area contributed by atoms with E-state index in [1.54, 1.807) is 25.3 Å². The summed E-state index contributed by atoms with van der Waals surface area (Å²) >= 11 is 2.29. The van der Waals surface area contributed by atoms with Gasteiger partial charge in [0.05, 0.1) is 6.61 Å². The number of amides is 1. The molecule has 0 aliphatic carbocycles. The van der Waals surface area contributed by atoms with Crippen LogP contribution in [-0.2, 0) is 9.47 Å². The van der Waals surface area contributed by atoms with Gasteiger partial charge in [-0.25, -0.2) is 4.79 Å². The number of ether oxygens (including phenoxy) is 2. The third-order valence-electron chi connectivity index (χ3n) is 1.72. The lowest BCUT2D eigenvalue weighted by Crippen LogP contribution is -2.38. The van der Waals surface area contributed by atoms with Crippen LogP contribution in [0.5, 0.6) is 0 Å². The van der Waals surface area contributed by atoms with Crippen LogP contribution < -0.4 is 0 Å². The second-order valence-electron chi connectivity index (χ2n) is 2.95. The Morgan fingerprint density at radius 3 is 2.47 bits per heavy atom. The molecule has 0 spiro atoms. The monoisotopic (exact) mass is 353 g/mol. The Bertz CT molecular complexity index is 266. The van der Waals surface area contributed by atoms with Crippen molar-refractivity contribution in [1.29, 1.82) is 0 Å². The van der Waals surface area contributed by atoms with Gasteiger partial charge in [-0.15, -0.1) is 0 Å². The fourth-order valence-corrected chi connectivity index (χ4v) is 1.15. The number of rotatable bonds is 3. The molecule has 0 aromatic carbocycles. The van der Waals surface area contributed by atoms with E-state index in [1.165, 1.54) is 9.33 Å². The molecular formula is C12H20INO3. The molecule has 0 saturated carbocycles. The molecular weight excluding hydrogens is 333 g/mol. The van der Waals surface area contributed by atoms with E-state index in [1.807, 2.05) is 13.0 Å². The molecule has 0 saturated heterocycles. The van der Waals surface area contributed by atoms with Crippen LogP contribution in [-0.4, -0.2) is 34.9 Å². The van der Waals surface area contributed by atoms with E-state index in [4.69, 9.17) is 9.47 Å². The molecule has 1 atom stereocenters. The van der Waals surface area contributed by atoms with Gasteiger partial charge >= 0.3 is 6.09 Å². The fraction of sp³-hybridized carbons (Fsp3) is 0.583. The summed E-state index contributed by atoms with van der Waals surface area (Å²) in [5.41, 5.74) is 0. The number of hydrogen-bond acceptors (Lipinski definition) is 3. The highest BCUT2D eigenvalue weighted by molar-refractivity contribution is 14.1. The Hall–Kier alpha value is -0.560. The third-order valence-corrected chi connectivity index (χ3v) is 1.72. The summed E-state index contributed by atoms with van der Waals surface area (Å²) < 4.78 is 11.4. The first-order valence-electron chi connectivity index (χ1n) is 5.68. The molecule has 1 rings (SSSR count). The molecule has 98 valence electrons. The first-order valence-corrected chi connectivity index (χ1v) is 7.21. The molecule has 0 fully saturated rings. The van der Waals surface area contributed by atoms with Crippen molar-refractivity contribution in [3.63, 3.8) is 0 Å². The predicted octanol–water partition coefficient (Wildman–Crippen LogP) is 3.33. The zero-order valence-corrected chi connectivity index (χ0v) is 12.7. The van der Waals surface area contributed by atoms with Gasteiger partial charge in [-0.1, -0.05) is 35.6 Å². The van der Waals surface area contributed by atoms with Crippen molar-refractivity contribution in [2.45, 2.75) is 27.0 Å². The third kappa shape index (κ3) is 6.68. The Morgan fingerprint density at radius 2 is 1.94 bits per heavy atom. The maximum Gasteiger partial charge on any atom is 0.416 e. The van der Waals surface area contributed by atoms with Gasteiger partial charge in [0.2, 0.25) is 0 Å². The lowest BCUT2D eigenvalue weighted by molar-refractivity contribution is 0.0000130. The second-order valence-corrected chi connectivity index (χ2v) is 4.47. The van der Waals surface area contributed by atoms with E-state index in [-0.39, 0.29) is 12.3 Å². The van der Waals surface area contributed by atoms with Crippen LogP contribution in [0.1, 0.15) is 20.8 Å². The number of halogens is 1. The van der Waals surface area contributed by atoms with Gasteiger partial charge in [0.25, 0.3) is 0 Å². The number of allylic oxidation sites excluding steroid dienone is 2. The number of nitrogens with zero attached hydrogens (tertiary/aromatic N) is 1. The van der Waals surface area contributed by atoms with E-state index < -0.39 is 0 Å². The van der Waals surface area contributed by atoms with Crippen LogP contribution in [0.2, 0.25) is 0 Å². The van der Waals surface area contributed by atoms with E-state index in [2.05, 4.69) is 29.5 Å². The van der Waals surface area contributed by atoms with Crippen molar-refractivity contribution in [1.82, 2.24) is 4.90 Å². The van der Waals surface area contributed by atoms with Gasteiger partial charge in [-0.05, 0) is 30.4 Å². The molecule has 1 heterocycles. The summed E-state index contributed by atoms with van der Waals surface area (Å²) in [7, 11) is 0. The van der Waals surface area contributed by atoms with Crippen molar-refractivity contribution < 1.29 is 14.3 Å². The van der Waals surface area contributed by atoms with Gasteiger partial charge in [-0.3, -0.25) is 4.90 Å². The number of hydrogen-bond donors (Lipinski definition) is 0. The molecule has 0 aromatic rings. The normalized spacial score (nSPS) is 17.4. The van der Waals surface area contributed by atoms with E-state index >= 15 is 0 Å². The lowest BCUT2D eigenvalue weighted by Gasteiger charge is -2.26. The Kier molecular flexibility index (Phi) is 10.2. The fourth-order valence-electron chi connectivity index (χ4n) is 1.15.